The van der Waals surface area contributed by atoms with Crippen LogP contribution in [-0.2, 0) is 19.6 Å². The largest absolute Gasteiger partial charge is 0.494 e. The molecular weight excluding hydrogens is 408 g/mol. The van der Waals surface area contributed by atoms with Gasteiger partial charge in [-0.15, -0.1) is 0 Å². The first-order valence-corrected chi connectivity index (χ1v) is 11.0. The van der Waals surface area contributed by atoms with E-state index in [9.17, 15) is 18.0 Å². The highest BCUT2D eigenvalue weighted by Gasteiger charge is 2.20. The molecule has 2 N–H and O–H groups in total. The number of sulfonamides is 1. The fraction of sp³-hybridized carbons (Fsp3) is 0.333. The smallest absolute Gasteiger partial charge is 0.338 e. The van der Waals surface area contributed by atoms with Crippen LogP contribution in [0.1, 0.15) is 38.1 Å². The van der Waals surface area contributed by atoms with E-state index in [-0.39, 0.29) is 10.9 Å². The summed E-state index contributed by atoms with van der Waals surface area (Å²) in [5, 5.41) is 2.59. The standard InChI is InChI=1S/C21H26N2O6S/c1-5-28-18-10-6-16(7-11-18)21(25)29-15(4)20(24)22-17-8-12-19(13-9-17)30(26,27)23-14(2)3/h6-15,23H,5H2,1-4H3,(H,22,24)/t15-/m0/s1. The lowest BCUT2D eigenvalue weighted by Gasteiger charge is -2.14. The van der Waals surface area contributed by atoms with E-state index in [1.54, 1.807) is 38.1 Å². The van der Waals surface area contributed by atoms with Crippen molar-refractivity contribution in [2.24, 2.45) is 0 Å². The van der Waals surface area contributed by atoms with Crippen molar-refractivity contribution < 1.29 is 27.5 Å². The third kappa shape index (κ3) is 6.57. The van der Waals surface area contributed by atoms with Crippen LogP contribution in [0.5, 0.6) is 5.75 Å². The molecule has 2 rings (SSSR count). The van der Waals surface area contributed by atoms with Crippen LogP contribution in [0.2, 0.25) is 0 Å². The number of ether oxygens (including phenoxy) is 2. The summed E-state index contributed by atoms with van der Waals surface area (Å²) in [6.45, 7) is 7.27. The Morgan fingerprint density at radius 3 is 2.10 bits per heavy atom. The quantitative estimate of drug-likeness (QED) is 0.587. The second kappa shape index (κ2) is 10.2. The monoisotopic (exact) mass is 434 g/mol. The lowest BCUT2D eigenvalue weighted by molar-refractivity contribution is -0.123. The summed E-state index contributed by atoms with van der Waals surface area (Å²) in [7, 11) is -3.62. The van der Waals surface area contributed by atoms with Gasteiger partial charge in [-0.25, -0.2) is 17.9 Å². The maximum absolute atomic E-state index is 12.3. The van der Waals surface area contributed by atoms with Crippen LogP contribution in [0.25, 0.3) is 0 Å². The molecule has 8 nitrogen and oxygen atoms in total. The molecule has 9 heteroatoms. The minimum absolute atomic E-state index is 0.0872. The minimum atomic E-state index is -3.62. The molecule has 0 aliphatic carbocycles. The predicted molar refractivity (Wildman–Crippen MR) is 113 cm³/mol. The summed E-state index contributed by atoms with van der Waals surface area (Å²) >= 11 is 0. The summed E-state index contributed by atoms with van der Waals surface area (Å²) in [6.07, 6.45) is -1.05. The Kier molecular flexibility index (Phi) is 7.96. The average molecular weight is 435 g/mol. The van der Waals surface area contributed by atoms with Crippen LogP contribution in [0.15, 0.2) is 53.4 Å². The van der Waals surface area contributed by atoms with Gasteiger partial charge in [0.25, 0.3) is 5.91 Å². The van der Waals surface area contributed by atoms with Crippen LogP contribution < -0.4 is 14.8 Å². The molecule has 0 aliphatic rings. The number of nitrogens with one attached hydrogen (secondary N) is 2. The van der Waals surface area contributed by atoms with E-state index in [0.29, 0.717) is 23.6 Å². The zero-order valence-corrected chi connectivity index (χ0v) is 18.2. The first kappa shape index (κ1) is 23.4. The molecule has 0 spiro atoms. The van der Waals surface area contributed by atoms with Gasteiger partial charge in [-0.1, -0.05) is 0 Å². The van der Waals surface area contributed by atoms with Crippen molar-refractivity contribution in [1.29, 1.82) is 0 Å². The molecule has 0 aromatic heterocycles. The predicted octanol–water partition coefficient (Wildman–Crippen LogP) is 2.96. The molecule has 0 fully saturated rings. The SMILES string of the molecule is CCOc1ccc(C(=O)O[C@@H](C)C(=O)Nc2ccc(S(=O)(=O)NC(C)C)cc2)cc1. The van der Waals surface area contributed by atoms with Crippen molar-refractivity contribution >= 4 is 27.6 Å². The van der Waals surface area contributed by atoms with Crippen molar-refractivity contribution in [2.45, 2.75) is 44.7 Å². The Bertz CT molecular complexity index is 970. The lowest BCUT2D eigenvalue weighted by atomic mass is 10.2. The molecule has 0 saturated carbocycles. The van der Waals surface area contributed by atoms with Gasteiger partial charge in [-0.05, 0) is 76.2 Å². The lowest BCUT2D eigenvalue weighted by Crippen LogP contribution is -2.30. The molecule has 1 amide bonds. The molecule has 2 aromatic carbocycles. The van der Waals surface area contributed by atoms with Crippen molar-refractivity contribution in [3.8, 4) is 5.75 Å². The van der Waals surface area contributed by atoms with Gasteiger partial charge in [0.1, 0.15) is 5.75 Å². The number of amides is 1. The van der Waals surface area contributed by atoms with E-state index in [4.69, 9.17) is 9.47 Å². The summed E-state index contributed by atoms with van der Waals surface area (Å²) in [5.41, 5.74) is 0.678. The summed E-state index contributed by atoms with van der Waals surface area (Å²) < 4.78 is 37.3. The van der Waals surface area contributed by atoms with Crippen molar-refractivity contribution in [3.05, 3.63) is 54.1 Å². The van der Waals surface area contributed by atoms with Crippen LogP contribution in [0.4, 0.5) is 5.69 Å². The average Bonchev–Trinajstić information content (AvgIpc) is 2.68. The van der Waals surface area contributed by atoms with E-state index < -0.39 is 28.0 Å². The van der Waals surface area contributed by atoms with Gasteiger partial charge < -0.3 is 14.8 Å². The van der Waals surface area contributed by atoms with E-state index in [0.717, 1.165) is 0 Å². The zero-order valence-electron chi connectivity index (χ0n) is 17.3. The van der Waals surface area contributed by atoms with Gasteiger partial charge in [0.05, 0.1) is 17.1 Å². The topological polar surface area (TPSA) is 111 Å². The third-order valence-electron chi connectivity index (χ3n) is 3.88. The molecule has 2 aromatic rings. The fourth-order valence-electron chi connectivity index (χ4n) is 2.48. The second-order valence-corrected chi connectivity index (χ2v) is 8.51. The maximum atomic E-state index is 12.3. The molecule has 30 heavy (non-hydrogen) atoms. The first-order valence-electron chi connectivity index (χ1n) is 9.49. The van der Waals surface area contributed by atoms with Crippen LogP contribution in [-0.4, -0.2) is 39.0 Å². The molecule has 0 unspecified atom stereocenters. The van der Waals surface area contributed by atoms with E-state index in [1.807, 2.05) is 6.92 Å². The highest BCUT2D eigenvalue weighted by atomic mass is 32.2. The van der Waals surface area contributed by atoms with E-state index in [2.05, 4.69) is 10.0 Å². The number of anilines is 1. The highest BCUT2D eigenvalue weighted by Crippen LogP contribution is 2.16. The van der Waals surface area contributed by atoms with Crippen LogP contribution in [0.3, 0.4) is 0 Å². The summed E-state index contributed by atoms with van der Waals surface area (Å²) in [4.78, 5) is 24.6. The number of benzene rings is 2. The van der Waals surface area contributed by atoms with Crippen molar-refractivity contribution in [3.63, 3.8) is 0 Å². The number of carbonyl (C=O) groups excluding carboxylic acids is 2. The molecule has 162 valence electrons. The van der Waals surface area contributed by atoms with Crippen molar-refractivity contribution in [2.75, 3.05) is 11.9 Å². The molecule has 1 atom stereocenters. The number of esters is 1. The molecule has 0 radical (unpaired) electrons. The maximum Gasteiger partial charge on any atom is 0.338 e. The Balaban J connectivity index is 1.96. The molecule has 0 saturated heterocycles. The number of carbonyl (C=O) groups is 2. The zero-order chi connectivity index (χ0) is 22.3. The summed E-state index contributed by atoms with van der Waals surface area (Å²) in [6, 6.07) is 11.9. The highest BCUT2D eigenvalue weighted by molar-refractivity contribution is 7.89. The fourth-order valence-corrected chi connectivity index (χ4v) is 3.73. The van der Waals surface area contributed by atoms with Gasteiger partial charge in [-0.3, -0.25) is 4.79 Å². The Morgan fingerprint density at radius 2 is 1.57 bits per heavy atom. The Labute approximate surface area is 176 Å². The van der Waals surface area contributed by atoms with Crippen LogP contribution in [0, 0.1) is 0 Å². The Hall–Kier alpha value is -2.91. The molecule has 0 bridgehead atoms. The van der Waals surface area contributed by atoms with Gasteiger partial charge in [0.15, 0.2) is 6.10 Å². The van der Waals surface area contributed by atoms with Crippen LogP contribution >= 0.6 is 0 Å². The number of hydrogen-bond donors (Lipinski definition) is 2. The number of rotatable bonds is 9. The molecule has 0 aliphatic heterocycles. The van der Waals surface area contributed by atoms with Gasteiger partial charge >= 0.3 is 5.97 Å². The minimum Gasteiger partial charge on any atom is -0.494 e. The number of hydrogen-bond acceptors (Lipinski definition) is 6. The Morgan fingerprint density at radius 1 is 0.967 bits per heavy atom. The summed E-state index contributed by atoms with van der Waals surface area (Å²) in [5.74, 6) is -0.541. The van der Waals surface area contributed by atoms with Gasteiger partial charge in [-0.2, -0.15) is 0 Å². The normalized spacial score (nSPS) is 12.3. The third-order valence-corrected chi connectivity index (χ3v) is 5.55. The first-order chi connectivity index (χ1) is 14.1. The van der Waals surface area contributed by atoms with Gasteiger partial charge in [0.2, 0.25) is 10.0 Å². The molecular formula is C21H26N2O6S. The second-order valence-electron chi connectivity index (χ2n) is 6.79. The van der Waals surface area contributed by atoms with Gasteiger partial charge in [0, 0.05) is 11.7 Å². The van der Waals surface area contributed by atoms with E-state index >= 15 is 0 Å². The molecule has 0 heterocycles. The van der Waals surface area contributed by atoms with Crippen molar-refractivity contribution in [1.82, 2.24) is 4.72 Å². The van der Waals surface area contributed by atoms with E-state index in [1.165, 1.54) is 31.2 Å².